The van der Waals surface area contributed by atoms with Crippen LogP contribution in [-0.4, -0.2) is 5.90 Å². The fourth-order valence-electron chi connectivity index (χ4n) is 4.52. The number of nitrogens with zero attached hydrogens (tertiary/aromatic N) is 3. The van der Waals surface area contributed by atoms with Crippen molar-refractivity contribution in [3.63, 3.8) is 0 Å². The topological polar surface area (TPSA) is 114 Å². The summed E-state index contributed by atoms with van der Waals surface area (Å²) in [6.45, 7) is 1.69. The summed E-state index contributed by atoms with van der Waals surface area (Å²) in [6.07, 6.45) is -1.13. The highest BCUT2D eigenvalue weighted by atomic mass is 79.9. The van der Waals surface area contributed by atoms with E-state index in [1.165, 1.54) is 0 Å². The number of halogens is 2. The molecule has 2 bridgehead atoms. The third kappa shape index (κ3) is 2.32. The summed E-state index contributed by atoms with van der Waals surface area (Å²) >= 11 is 6.87. The Bertz CT molecular complexity index is 1160. The molecule has 2 saturated heterocycles. The number of nitrogens with one attached hydrogen (secondary N) is 1. The van der Waals surface area contributed by atoms with E-state index in [1.807, 2.05) is 24.3 Å². The Labute approximate surface area is 190 Å². The van der Waals surface area contributed by atoms with Crippen molar-refractivity contribution < 1.29 is 9.47 Å². The van der Waals surface area contributed by atoms with Crippen molar-refractivity contribution in [2.45, 2.75) is 18.8 Å². The number of ether oxygens (including phenoxy) is 2. The van der Waals surface area contributed by atoms with Crippen molar-refractivity contribution >= 4 is 37.8 Å². The largest absolute Gasteiger partial charge is 0.443 e. The SMILES string of the molecule is CC1C2(c3ccc(Br)cc3)OC(=N)C1(C#N)C(C#N)(C#N)C(c1ccccc1Br)O2. The molecule has 2 aliphatic heterocycles. The number of fused-ring (bicyclic) bond motifs is 2. The fraction of sp³-hybridized carbons (Fsp3) is 0.273. The number of hydrogen-bond donors (Lipinski definition) is 1. The monoisotopic (exact) mass is 524 g/mol. The van der Waals surface area contributed by atoms with Gasteiger partial charge in [0.1, 0.15) is 6.10 Å². The van der Waals surface area contributed by atoms with E-state index < -0.39 is 34.5 Å². The molecular formula is C22H14Br2N4O2. The van der Waals surface area contributed by atoms with Crippen LogP contribution in [0.25, 0.3) is 0 Å². The second-order valence-corrected chi connectivity index (χ2v) is 9.07. The molecule has 8 heteroatoms. The molecule has 0 aromatic heterocycles. The lowest BCUT2D eigenvalue weighted by atomic mass is 9.53. The quantitative estimate of drug-likeness (QED) is 0.569. The Kier molecular flexibility index (Phi) is 4.75. The van der Waals surface area contributed by atoms with E-state index in [4.69, 9.17) is 14.9 Å². The lowest BCUT2D eigenvalue weighted by molar-refractivity contribution is -0.288. The Hall–Kier alpha value is -2.70. The van der Waals surface area contributed by atoms with Crippen molar-refractivity contribution in [2.75, 3.05) is 0 Å². The van der Waals surface area contributed by atoms with Crippen LogP contribution < -0.4 is 0 Å². The van der Waals surface area contributed by atoms with E-state index >= 15 is 0 Å². The predicted octanol–water partition coefficient (Wildman–Crippen LogP) is 5.32. The number of rotatable bonds is 2. The van der Waals surface area contributed by atoms with E-state index in [-0.39, 0.29) is 0 Å². The van der Waals surface area contributed by atoms with Crippen LogP contribution >= 0.6 is 31.9 Å². The summed E-state index contributed by atoms with van der Waals surface area (Å²) in [5.41, 5.74) is -2.67. The lowest BCUT2D eigenvalue weighted by Crippen LogP contribution is -2.57. The summed E-state index contributed by atoms with van der Waals surface area (Å²) < 4.78 is 13.9. The van der Waals surface area contributed by atoms with E-state index in [1.54, 1.807) is 43.3 Å². The highest BCUT2D eigenvalue weighted by molar-refractivity contribution is 9.10. The molecule has 6 nitrogen and oxygen atoms in total. The normalized spacial score (nSPS) is 31.1. The van der Waals surface area contributed by atoms with Crippen molar-refractivity contribution in [1.29, 1.82) is 21.2 Å². The van der Waals surface area contributed by atoms with Gasteiger partial charge < -0.3 is 9.47 Å². The molecule has 30 heavy (non-hydrogen) atoms. The molecule has 148 valence electrons. The van der Waals surface area contributed by atoms with Crippen LogP contribution in [0.2, 0.25) is 0 Å². The van der Waals surface area contributed by atoms with Gasteiger partial charge in [0.15, 0.2) is 5.41 Å². The second-order valence-electron chi connectivity index (χ2n) is 7.30. The summed E-state index contributed by atoms with van der Waals surface area (Å²) in [7, 11) is 0. The van der Waals surface area contributed by atoms with Crippen molar-refractivity contribution in [2.24, 2.45) is 16.7 Å². The van der Waals surface area contributed by atoms with Gasteiger partial charge in [0, 0.05) is 14.5 Å². The molecular weight excluding hydrogens is 512 g/mol. The number of nitriles is 3. The molecule has 2 aromatic rings. The average molecular weight is 526 g/mol. The molecule has 2 aliphatic rings. The minimum absolute atomic E-state index is 0.432. The molecule has 2 heterocycles. The maximum Gasteiger partial charge on any atom is 0.244 e. The summed E-state index contributed by atoms with van der Waals surface area (Å²) in [4.78, 5) is 0. The highest BCUT2D eigenvalue weighted by Gasteiger charge is 2.79. The van der Waals surface area contributed by atoms with Gasteiger partial charge in [-0.1, -0.05) is 69.1 Å². The first-order chi connectivity index (χ1) is 14.3. The van der Waals surface area contributed by atoms with Gasteiger partial charge in [-0.2, -0.15) is 15.8 Å². The molecule has 1 N–H and O–H groups in total. The van der Waals surface area contributed by atoms with Crippen LogP contribution in [0.1, 0.15) is 24.2 Å². The van der Waals surface area contributed by atoms with Crippen LogP contribution in [0.4, 0.5) is 0 Å². The Morgan fingerprint density at radius 3 is 2.17 bits per heavy atom. The van der Waals surface area contributed by atoms with Crippen LogP contribution in [0, 0.1) is 56.2 Å². The Balaban J connectivity index is 2.06. The van der Waals surface area contributed by atoms with Crippen LogP contribution in [0.5, 0.6) is 0 Å². The third-order valence-electron chi connectivity index (χ3n) is 6.10. The third-order valence-corrected chi connectivity index (χ3v) is 7.35. The molecule has 2 fully saturated rings. The molecule has 4 unspecified atom stereocenters. The smallest absolute Gasteiger partial charge is 0.244 e. The van der Waals surface area contributed by atoms with Gasteiger partial charge in [-0.3, -0.25) is 5.41 Å². The molecule has 0 spiro atoms. The zero-order valence-electron chi connectivity index (χ0n) is 15.7. The van der Waals surface area contributed by atoms with Crippen LogP contribution in [0.3, 0.4) is 0 Å². The molecule has 0 aliphatic carbocycles. The van der Waals surface area contributed by atoms with Crippen LogP contribution in [-0.2, 0) is 15.3 Å². The van der Waals surface area contributed by atoms with Crippen molar-refractivity contribution in [3.8, 4) is 18.2 Å². The van der Waals surface area contributed by atoms with Gasteiger partial charge in [0.05, 0.1) is 24.1 Å². The van der Waals surface area contributed by atoms with Gasteiger partial charge in [-0.15, -0.1) is 0 Å². The minimum atomic E-state index is -1.99. The van der Waals surface area contributed by atoms with Gasteiger partial charge in [-0.25, -0.2) is 0 Å². The van der Waals surface area contributed by atoms with Gasteiger partial charge in [-0.05, 0) is 23.8 Å². The van der Waals surface area contributed by atoms with E-state index in [0.29, 0.717) is 15.6 Å². The first-order valence-electron chi connectivity index (χ1n) is 9.03. The van der Waals surface area contributed by atoms with Crippen LogP contribution in [0.15, 0.2) is 57.5 Å². The predicted molar refractivity (Wildman–Crippen MR) is 113 cm³/mol. The fourth-order valence-corrected chi connectivity index (χ4v) is 5.27. The number of benzene rings is 2. The molecule has 4 rings (SSSR count). The molecule has 0 amide bonds. The first-order valence-corrected chi connectivity index (χ1v) is 10.6. The molecule has 0 radical (unpaired) electrons. The standard InChI is InChI=1S/C22H14Br2N4O2/c1-13-21(12-27)19(28)30-22(13,14-6-8-15(23)9-7-14)29-18(20(21,10-25)11-26)16-4-2-3-5-17(16)24/h2-9,13,18,28H,1H3. The van der Waals surface area contributed by atoms with Gasteiger partial charge in [0.2, 0.25) is 17.1 Å². The highest BCUT2D eigenvalue weighted by Crippen LogP contribution is 2.69. The molecule has 2 aromatic carbocycles. The summed E-state index contributed by atoms with van der Waals surface area (Å²) in [5, 5.41) is 39.3. The molecule has 4 atom stereocenters. The summed E-state index contributed by atoms with van der Waals surface area (Å²) in [5.74, 6) is -2.72. The Morgan fingerprint density at radius 2 is 1.60 bits per heavy atom. The van der Waals surface area contributed by atoms with E-state index in [0.717, 1.165) is 4.47 Å². The number of hydrogen-bond acceptors (Lipinski definition) is 6. The van der Waals surface area contributed by atoms with Crippen molar-refractivity contribution in [3.05, 3.63) is 68.6 Å². The Morgan fingerprint density at radius 1 is 0.967 bits per heavy atom. The maximum atomic E-state index is 10.3. The first kappa shape index (κ1) is 20.6. The lowest BCUT2D eigenvalue weighted by Gasteiger charge is -2.49. The average Bonchev–Trinajstić information content (AvgIpc) is 2.91. The second kappa shape index (κ2) is 6.93. The van der Waals surface area contributed by atoms with Gasteiger partial charge in [0.25, 0.3) is 0 Å². The van der Waals surface area contributed by atoms with Crippen molar-refractivity contribution in [1.82, 2.24) is 0 Å². The van der Waals surface area contributed by atoms with Gasteiger partial charge >= 0.3 is 0 Å². The zero-order valence-corrected chi connectivity index (χ0v) is 18.9. The zero-order chi connectivity index (χ0) is 21.7. The molecule has 0 saturated carbocycles. The van der Waals surface area contributed by atoms with E-state index in [9.17, 15) is 15.8 Å². The maximum absolute atomic E-state index is 10.3. The minimum Gasteiger partial charge on any atom is -0.443 e. The summed E-state index contributed by atoms with van der Waals surface area (Å²) in [6, 6.07) is 20.5. The van der Waals surface area contributed by atoms with E-state index in [2.05, 4.69) is 37.9 Å².